The van der Waals surface area contributed by atoms with Crippen molar-refractivity contribution in [3.8, 4) is 5.75 Å². The molecular formula is C13H17NO3. The molecule has 0 saturated heterocycles. The Morgan fingerprint density at radius 1 is 1.59 bits per heavy atom. The first-order chi connectivity index (χ1) is 8.16. The number of methoxy groups -OCH3 is 1. The molecule has 1 aliphatic rings. The summed E-state index contributed by atoms with van der Waals surface area (Å²) in [6.45, 7) is 0.713. The summed E-state index contributed by atoms with van der Waals surface area (Å²) >= 11 is 0. The molecule has 17 heavy (non-hydrogen) atoms. The van der Waals surface area contributed by atoms with Gasteiger partial charge in [-0.3, -0.25) is 4.79 Å². The van der Waals surface area contributed by atoms with Crippen LogP contribution in [0.15, 0.2) is 24.3 Å². The third kappa shape index (κ3) is 1.78. The lowest BCUT2D eigenvalue weighted by atomic mass is 9.92. The fourth-order valence-electron chi connectivity index (χ4n) is 2.54. The number of hydrogen-bond donors (Lipinski definition) is 2. The smallest absolute Gasteiger partial charge is 0.314 e. The Morgan fingerprint density at radius 3 is 2.88 bits per heavy atom. The Kier molecular flexibility index (Phi) is 3.07. The van der Waals surface area contributed by atoms with Crippen molar-refractivity contribution in [2.45, 2.75) is 11.8 Å². The van der Waals surface area contributed by atoms with E-state index in [0.717, 1.165) is 5.56 Å². The van der Waals surface area contributed by atoms with Crippen LogP contribution in [0.4, 0.5) is 0 Å². The van der Waals surface area contributed by atoms with E-state index in [1.807, 2.05) is 31.3 Å². The minimum absolute atomic E-state index is 0.140. The maximum Gasteiger partial charge on any atom is 0.314 e. The van der Waals surface area contributed by atoms with E-state index in [4.69, 9.17) is 4.74 Å². The maximum absolute atomic E-state index is 11.6. The van der Waals surface area contributed by atoms with Gasteiger partial charge in [0.15, 0.2) is 0 Å². The zero-order valence-electron chi connectivity index (χ0n) is 10.1. The highest BCUT2D eigenvalue weighted by atomic mass is 16.5. The third-order valence-electron chi connectivity index (χ3n) is 3.52. The molecule has 0 aliphatic heterocycles. The molecule has 1 aromatic carbocycles. The van der Waals surface area contributed by atoms with Gasteiger partial charge in [-0.2, -0.15) is 0 Å². The molecule has 4 nitrogen and oxygen atoms in total. The van der Waals surface area contributed by atoms with Crippen LogP contribution in [0.2, 0.25) is 0 Å². The van der Waals surface area contributed by atoms with Crippen LogP contribution in [0.1, 0.15) is 12.0 Å². The topological polar surface area (TPSA) is 58.6 Å². The average molecular weight is 235 g/mol. The lowest BCUT2D eigenvalue weighted by Crippen LogP contribution is -2.26. The number of aliphatic carboxylic acids is 1. The molecule has 0 bridgehead atoms. The molecule has 0 amide bonds. The van der Waals surface area contributed by atoms with E-state index in [1.54, 1.807) is 7.11 Å². The van der Waals surface area contributed by atoms with Gasteiger partial charge < -0.3 is 15.2 Å². The van der Waals surface area contributed by atoms with E-state index < -0.39 is 11.4 Å². The SMILES string of the molecule is CNC[C@H]1C[C@@]1(C(=O)O)c1ccccc1OC. The van der Waals surface area contributed by atoms with Crippen LogP contribution in [-0.4, -0.2) is 31.8 Å². The van der Waals surface area contributed by atoms with Crippen molar-refractivity contribution in [3.63, 3.8) is 0 Å². The van der Waals surface area contributed by atoms with Gasteiger partial charge >= 0.3 is 5.97 Å². The second-order valence-electron chi connectivity index (χ2n) is 4.44. The average Bonchev–Trinajstić information content (AvgIpc) is 3.05. The van der Waals surface area contributed by atoms with Crippen LogP contribution in [0.5, 0.6) is 5.75 Å². The minimum Gasteiger partial charge on any atom is -0.496 e. The third-order valence-corrected chi connectivity index (χ3v) is 3.52. The van der Waals surface area contributed by atoms with Crippen molar-refractivity contribution < 1.29 is 14.6 Å². The number of carbonyl (C=O) groups is 1. The number of rotatable bonds is 5. The van der Waals surface area contributed by atoms with E-state index >= 15 is 0 Å². The predicted octanol–water partition coefficient (Wildman–Crippen LogP) is 1.26. The molecule has 0 heterocycles. The minimum atomic E-state index is -0.768. The van der Waals surface area contributed by atoms with Crippen molar-refractivity contribution in [1.29, 1.82) is 0 Å². The fraction of sp³-hybridized carbons (Fsp3) is 0.462. The van der Waals surface area contributed by atoms with Gasteiger partial charge in [-0.15, -0.1) is 0 Å². The predicted molar refractivity (Wildman–Crippen MR) is 64.3 cm³/mol. The molecule has 92 valence electrons. The Bertz CT molecular complexity index is 432. The number of carboxylic acids is 1. The number of nitrogens with one attached hydrogen (secondary N) is 1. The molecular weight excluding hydrogens is 218 g/mol. The monoisotopic (exact) mass is 235 g/mol. The summed E-state index contributed by atoms with van der Waals surface area (Å²) in [4.78, 5) is 11.6. The number of para-hydroxylation sites is 1. The molecule has 2 rings (SSSR count). The number of benzene rings is 1. The first-order valence-electron chi connectivity index (χ1n) is 5.68. The van der Waals surface area contributed by atoms with E-state index in [0.29, 0.717) is 18.7 Å². The van der Waals surface area contributed by atoms with Crippen molar-refractivity contribution >= 4 is 5.97 Å². The summed E-state index contributed by atoms with van der Waals surface area (Å²) in [5.41, 5.74) is 0.0190. The maximum atomic E-state index is 11.6. The van der Waals surface area contributed by atoms with E-state index in [-0.39, 0.29) is 5.92 Å². The summed E-state index contributed by atoms with van der Waals surface area (Å²) in [5, 5.41) is 12.5. The van der Waals surface area contributed by atoms with Gasteiger partial charge in [0.05, 0.1) is 7.11 Å². The molecule has 2 atom stereocenters. The van der Waals surface area contributed by atoms with Crippen molar-refractivity contribution in [1.82, 2.24) is 5.32 Å². The molecule has 1 saturated carbocycles. The molecule has 0 aromatic heterocycles. The van der Waals surface area contributed by atoms with Gasteiger partial charge in [-0.25, -0.2) is 0 Å². The highest BCUT2D eigenvalue weighted by Gasteiger charge is 2.62. The summed E-state index contributed by atoms with van der Waals surface area (Å²) in [6, 6.07) is 7.38. The second kappa shape index (κ2) is 4.37. The highest BCUT2D eigenvalue weighted by molar-refractivity contribution is 5.87. The van der Waals surface area contributed by atoms with Crippen molar-refractivity contribution in [2.75, 3.05) is 20.7 Å². The number of carboxylic acid groups (broad SMARTS) is 1. The molecule has 1 fully saturated rings. The van der Waals surface area contributed by atoms with E-state index in [9.17, 15) is 9.90 Å². The van der Waals surface area contributed by atoms with E-state index in [2.05, 4.69) is 5.32 Å². The molecule has 0 radical (unpaired) electrons. The standard InChI is InChI=1S/C13H17NO3/c1-14-8-9-7-13(9,12(15)16)10-5-3-4-6-11(10)17-2/h3-6,9,14H,7-8H2,1-2H3,(H,15,16)/t9-,13+/m1/s1. The molecule has 2 N–H and O–H groups in total. The van der Waals surface area contributed by atoms with Crippen LogP contribution in [0, 0.1) is 5.92 Å². The normalized spacial score (nSPS) is 26.6. The van der Waals surface area contributed by atoms with Gasteiger partial charge in [0.25, 0.3) is 0 Å². The Morgan fingerprint density at radius 2 is 2.29 bits per heavy atom. The number of hydrogen-bond acceptors (Lipinski definition) is 3. The molecule has 1 aliphatic carbocycles. The summed E-state index contributed by atoms with van der Waals surface area (Å²) in [5.74, 6) is 0.0389. The first-order valence-corrected chi connectivity index (χ1v) is 5.68. The van der Waals surface area contributed by atoms with Crippen LogP contribution in [0.25, 0.3) is 0 Å². The van der Waals surface area contributed by atoms with Crippen LogP contribution in [-0.2, 0) is 10.2 Å². The summed E-state index contributed by atoms with van der Waals surface area (Å²) in [7, 11) is 3.41. The van der Waals surface area contributed by atoms with Crippen LogP contribution >= 0.6 is 0 Å². The van der Waals surface area contributed by atoms with Gasteiger partial charge in [0, 0.05) is 5.56 Å². The highest BCUT2D eigenvalue weighted by Crippen LogP contribution is 2.56. The Labute approximate surface area is 101 Å². The largest absolute Gasteiger partial charge is 0.496 e. The Balaban J connectivity index is 2.39. The van der Waals surface area contributed by atoms with Crippen molar-refractivity contribution in [2.24, 2.45) is 5.92 Å². The summed E-state index contributed by atoms with van der Waals surface area (Å²) < 4.78 is 5.26. The first kappa shape index (κ1) is 11.9. The quantitative estimate of drug-likeness (QED) is 0.806. The zero-order valence-corrected chi connectivity index (χ0v) is 10.1. The summed E-state index contributed by atoms with van der Waals surface area (Å²) in [6.07, 6.45) is 0.670. The van der Waals surface area contributed by atoms with Crippen LogP contribution in [0.3, 0.4) is 0 Å². The van der Waals surface area contributed by atoms with Gasteiger partial charge in [-0.1, -0.05) is 18.2 Å². The Hall–Kier alpha value is -1.55. The lowest BCUT2D eigenvalue weighted by molar-refractivity contribution is -0.140. The van der Waals surface area contributed by atoms with Gasteiger partial charge in [0.2, 0.25) is 0 Å². The lowest BCUT2D eigenvalue weighted by Gasteiger charge is -2.16. The number of ether oxygens (including phenoxy) is 1. The van der Waals surface area contributed by atoms with Crippen LogP contribution < -0.4 is 10.1 Å². The molecule has 0 spiro atoms. The molecule has 1 aromatic rings. The van der Waals surface area contributed by atoms with Gasteiger partial charge in [0.1, 0.15) is 11.2 Å². The zero-order chi connectivity index (χ0) is 12.5. The second-order valence-corrected chi connectivity index (χ2v) is 4.44. The van der Waals surface area contributed by atoms with Crippen molar-refractivity contribution in [3.05, 3.63) is 29.8 Å². The van der Waals surface area contributed by atoms with E-state index in [1.165, 1.54) is 0 Å². The fourth-order valence-corrected chi connectivity index (χ4v) is 2.54. The van der Waals surface area contributed by atoms with Gasteiger partial charge in [-0.05, 0) is 32.0 Å². The molecule has 0 unspecified atom stereocenters. The molecule has 4 heteroatoms.